The summed E-state index contributed by atoms with van der Waals surface area (Å²) < 4.78 is 19.0. The highest BCUT2D eigenvalue weighted by Gasteiger charge is 2.45. The monoisotopic (exact) mass is 426 g/mol. The van der Waals surface area contributed by atoms with E-state index in [1.165, 1.54) is 30.2 Å². The number of hydrogen-bond donors (Lipinski definition) is 1. The van der Waals surface area contributed by atoms with Crippen LogP contribution in [-0.4, -0.2) is 60.9 Å². The number of aryl methyl sites for hydroxylation is 1. The molecular weight excluding hydrogens is 399 g/mol. The number of benzene rings is 2. The Morgan fingerprint density at radius 3 is 2.58 bits per heavy atom. The minimum atomic E-state index is -0.761. The number of carbonyl (C=O) groups is 2. The van der Waals surface area contributed by atoms with E-state index in [-0.39, 0.29) is 16.9 Å². The fourth-order valence-electron chi connectivity index (χ4n) is 3.77. The zero-order valence-electron chi connectivity index (χ0n) is 18.2. The first-order valence-corrected chi connectivity index (χ1v) is 10.1. The van der Waals surface area contributed by atoms with Crippen LogP contribution in [0, 0.1) is 12.7 Å². The Morgan fingerprint density at radius 1 is 1.19 bits per heavy atom. The maximum absolute atomic E-state index is 13.7. The number of methoxy groups -OCH3 is 1. The molecule has 0 aromatic heterocycles. The van der Waals surface area contributed by atoms with Crippen molar-refractivity contribution in [1.29, 1.82) is 0 Å². The Hall–Kier alpha value is -3.19. The summed E-state index contributed by atoms with van der Waals surface area (Å²) in [5, 5.41) is 11.0. The first kappa shape index (κ1) is 22.5. The van der Waals surface area contributed by atoms with Gasteiger partial charge >= 0.3 is 0 Å². The second-order valence-electron chi connectivity index (χ2n) is 7.89. The number of likely N-dealkylation sites (tertiary alicyclic amines) is 1. The Labute approximate surface area is 181 Å². The first-order chi connectivity index (χ1) is 14.7. The third-order valence-corrected chi connectivity index (χ3v) is 5.39. The normalized spacial score (nSPS) is 18.1. The van der Waals surface area contributed by atoms with Crippen LogP contribution in [0.3, 0.4) is 0 Å². The van der Waals surface area contributed by atoms with Gasteiger partial charge in [0.2, 0.25) is 0 Å². The molecule has 1 aliphatic heterocycles. The van der Waals surface area contributed by atoms with E-state index in [4.69, 9.17) is 4.74 Å². The third-order valence-electron chi connectivity index (χ3n) is 5.39. The molecule has 1 N–H and O–H groups in total. The van der Waals surface area contributed by atoms with Crippen molar-refractivity contribution in [3.8, 4) is 5.75 Å². The van der Waals surface area contributed by atoms with Crippen molar-refractivity contribution in [1.82, 2.24) is 9.80 Å². The number of nitrogens with zero attached hydrogens (tertiary/aromatic N) is 2. The molecule has 1 heterocycles. The SMILES string of the molecule is COc1cccc(C2/C(=C(/O)c3ccc(F)c(C)c3)C(=O)C(=O)N2CCCN(C)C)c1. The van der Waals surface area contributed by atoms with E-state index in [1.54, 1.807) is 31.2 Å². The van der Waals surface area contributed by atoms with Crippen molar-refractivity contribution in [2.24, 2.45) is 0 Å². The van der Waals surface area contributed by atoms with Gasteiger partial charge in [0.25, 0.3) is 11.7 Å². The van der Waals surface area contributed by atoms with E-state index in [0.717, 1.165) is 6.54 Å². The molecule has 0 aliphatic carbocycles. The number of Topliss-reactive ketones (excluding diaryl/α,β-unsaturated/α-hetero) is 1. The number of halogens is 1. The second-order valence-corrected chi connectivity index (χ2v) is 7.89. The van der Waals surface area contributed by atoms with Crippen molar-refractivity contribution >= 4 is 17.4 Å². The number of aliphatic hydroxyl groups excluding tert-OH is 1. The molecule has 6 nitrogen and oxygen atoms in total. The smallest absolute Gasteiger partial charge is 0.295 e. The molecular formula is C24H27FN2O4. The Balaban J connectivity index is 2.13. The van der Waals surface area contributed by atoms with Crippen molar-refractivity contribution < 1.29 is 23.8 Å². The van der Waals surface area contributed by atoms with Crippen LogP contribution in [0.5, 0.6) is 5.75 Å². The van der Waals surface area contributed by atoms with Crippen molar-refractivity contribution in [2.75, 3.05) is 34.3 Å². The van der Waals surface area contributed by atoms with Gasteiger partial charge in [0.1, 0.15) is 17.3 Å². The molecule has 1 unspecified atom stereocenters. The van der Waals surface area contributed by atoms with Gasteiger partial charge in [-0.2, -0.15) is 0 Å². The maximum Gasteiger partial charge on any atom is 0.295 e. The van der Waals surface area contributed by atoms with Crippen LogP contribution in [0.25, 0.3) is 5.76 Å². The fourth-order valence-corrected chi connectivity index (χ4v) is 3.77. The van der Waals surface area contributed by atoms with Crippen LogP contribution >= 0.6 is 0 Å². The summed E-state index contributed by atoms with van der Waals surface area (Å²) in [5.41, 5.74) is 1.28. The topological polar surface area (TPSA) is 70.1 Å². The fraction of sp³-hybridized carbons (Fsp3) is 0.333. The predicted octanol–water partition coefficient (Wildman–Crippen LogP) is 3.52. The van der Waals surface area contributed by atoms with Crippen molar-refractivity contribution in [2.45, 2.75) is 19.4 Å². The second kappa shape index (κ2) is 9.31. The molecule has 31 heavy (non-hydrogen) atoms. The summed E-state index contributed by atoms with van der Waals surface area (Å²) in [6.07, 6.45) is 0.663. The minimum absolute atomic E-state index is 0.00545. The number of ketones is 1. The summed E-state index contributed by atoms with van der Waals surface area (Å²) >= 11 is 0. The molecule has 1 saturated heterocycles. The molecule has 1 fully saturated rings. The summed E-state index contributed by atoms with van der Waals surface area (Å²) in [6, 6.07) is 10.4. The quantitative estimate of drug-likeness (QED) is 0.417. The van der Waals surface area contributed by atoms with Crippen LogP contribution < -0.4 is 4.74 Å². The summed E-state index contributed by atoms with van der Waals surface area (Å²) in [6.45, 7) is 2.67. The molecule has 0 bridgehead atoms. The highest BCUT2D eigenvalue weighted by atomic mass is 19.1. The van der Waals surface area contributed by atoms with E-state index in [1.807, 2.05) is 19.0 Å². The zero-order chi connectivity index (χ0) is 22.7. The molecule has 164 valence electrons. The van der Waals surface area contributed by atoms with Gasteiger partial charge < -0.3 is 19.6 Å². The average Bonchev–Trinajstić information content (AvgIpc) is 3.00. The molecule has 7 heteroatoms. The minimum Gasteiger partial charge on any atom is -0.507 e. The lowest BCUT2D eigenvalue weighted by Gasteiger charge is -2.26. The van der Waals surface area contributed by atoms with E-state index >= 15 is 0 Å². The molecule has 1 aliphatic rings. The van der Waals surface area contributed by atoms with Gasteiger partial charge in [0, 0.05) is 12.1 Å². The number of ether oxygens (including phenoxy) is 1. The zero-order valence-corrected chi connectivity index (χ0v) is 18.2. The molecule has 1 amide bonds. The van der Waals surface area contributed by atoms with Gasteiger partial charge in [-0.25, -0.2) is 4.39 Å². The Morgan fingerprint density at radius 2 is 1.94 bits per heavy atom. The molecule has 0 saturated carbocycles. The van der Waals surface area contributed by atoms with E-state index in [2.05, 4.69) is 0 Å². The largest absolute Gasteiger partial charge is 0.507 e. The van der Waals surface area contributed by atoms with Crippen LogP contribution in [0.15, 0.2) is 48.0 Å². The van der Waals surface area contributed by atoms with Crippen LogP contribution in [-0.2, 0) is 9.59 Å². The van der Waals surface area contributed by atoms with Crippen LogP contribution in [0.4, 0.5) is 4.39 Å². The molecule has 2 aromatic carbocycles. The lowest BCUT2D eigenvalue weighted by atomic mass is 9.94. The van der Waals surface area contributed by atoms with Gasteiger partial charge in [-0.05, 0) is 75.4 Å². The maximum atomic E-state index is 13.7. The number of amides is 1. The van der Waals surface area contributed by atoms with E-state index < -0.39 is 23.5 Å². The number of rotatable bonds is 7. The van der Waals surface area contributed by atoms with Crippen molar-refractivity contribution in [3.05, 3.63) is 70.5 Å². The highest BCUT2D eigenvalue weighted by molar-refractivity contribution is 6.46. The number of hydrogen-bond acceptors (Lipinski definition) is 5. The van der Waals surface area contributed by atoms with Gasteiger partial charge in [-0.3, -0.25) is 9.59 Å². The van der Waals surface area contributed by atoms with Crippen LogP contribution in [0.1, 0.15) is 29.2 Å². The number of carbonyl (C=O) groups excluding carboxylic acids is 2. The standard InChI is InChI=1S/C24H27FN2O4/c1-15-13-17(9-10-19(15)25)22(28)20-21(16-7-5-8-18(14-16)31-4)27(24(30)23(20)29)12-6-11-26(2)3/h5,7-10,13-14,21,28H,6,11-12H2,1-4H3/b22-20-. The lowest BCUT2D eigenvalue weighted by molar-refractivity contribution is -0.139. The summed E-state index contributed by atoms with van der Waals surface area (Å²) in [7, 11) is 5.41. The predicted molar refractivity (Wildman–Crippen MR) is 116 cm³/mol. The van der Waals surface area contributed by atoms with E-state index in [0.29, 0.717) is 29.8 Å². The highest BCUT2D eigenvalue weighted by Crippen LogP contribution is 2.40. The van der Waals surface area contributed by atoms with E-state index in [9.17, 15) is 19.1 Å². The lowest BCUT2D eigenvalue weighted by Crippen LogP contribution is -2.32. The van der Waals surface area contributed by atoms with Crippen molar-refractivity contribution in [3.63, 3.8) is 0 Å². The molecule has 3 rings (SSSR count). The van der Waals surface area contributed by atoms with Gasteiger partial charge in [0.15, 0.2) is 0 Å². The first-order valence-electron chi connectivity index (χ1n) is 10.1. The Kier molecular flexibility index (Phi) is 6.75. The average molecular weight is 426 g/mol. The molecule has 2 aromatic rings. The molecule has 1 atom stereocenters. The summed E-state index contributed by atoms with van der Waals surface area (Å²) in [5.74, 6) is -1.56. The van der Waals surface area contributed by atoms with Gasteiger partial charge in [-0.15, -0.1) is 0 Å². The van der Waals surface area contributed by atoms with Crippen LogP contribution in [0.2, 0.25) is 0 Å². The van der Waals surface area contributed by atoms with Gasteiger partial charge in [0.05, 0.1) is 18.7 Å². The number of aliphatic hydroxyl groups is 1. The molecule has 0 radical (unpaired) electrons. The third kappa shape index (κ3) is 4.61. The summed E-state index contributed by atoms with van der Waals surface area (Å²) in [4.78, 5) is 29.4. The molecule has 0 spiro atoms. The van der Waals surface area contributed by atoms with Gasteiger partial charge in [-0.1, -0.05) is 12.1 Å². The Bertz CT molecular complexity index is 1030.